The first-order valence-corrected chi connectivity index (χ1v) is 11.8. The van der Waals surface area contributed by atoms with Gasteiger partial charge in [0.1, 0.15) is 0 Å². The molecular weight excluding hydrogens is 392 g/mol. The first-order valence-electron chi connectivity index (χ1n) is 11.5. The monoisotopic (exact) mass is 428 g/mol. The van der Waals surface area contributed by atoms with Gasteiger partial charge in [0.2, 0.25) is 0 Å². The number of anilines is 1. The van der Waals surface area contributed by atoms with Crippen LogP contribution in [0.5, 0.6) is 0 Å². The predicted molar refractivity (Wildman–Crippen MR) is 129 cm³/mol. The molecule has 0 saturated carbocycles. The normalized spacial score (nSPS) is 10.8. The third-order valence-electron chi connectivity index (χ3n) is 5.46. The van der Waals surface area contributed by atoms with E-state index in [-0.39, 0.29) is 6.03 Å². The zero-order valence-electron chi connectivity index (χ0n) is 18.6. The van der Waals surface area contributed by atoms with Gasteiger partial charge in [-0.2, -0.15) is 0 Å². The highest BCUT2D eigenvalue weighted by molar-refractivity contribution is 6.31. The minimum absolute atomic E-state index is 0.0710. The van der Waals surface area contributed by atoms with E-state index in [1.165, 1.54) is 51.4 Å². The maximum absolute atomic E-state index is 13.0. The molecular formula is C26H37ClN2O. The van der Waals surface area contributed by atoms with Gasteiger partial charge >= 0.3 is 6.03 Å². The Labute approximate surface area is 187 Å². The molecule has 2 aromatic carbocycles. The van der Waals surface area contributed by atoms with Crippen LogP contribution in [0.25, 0.3) is 0 Å². The molecule has 0 aliphatic carbocycles. The van der Waals surface area contributed by atoms with Crippen molar-refractivity contribution in [1.82, 2.24) is 4.90 Å². The highest BCUT2D eigenvalue weighted by Gasteiger charge is 2.14. The molecule has 0 aromatic heterocycles. The van der Waals surface area contributed by atoms with Crippen LogP contribution in [-0.2, 0) is 6.54 Å². The predicted octanol–water partition coefficient (Wildman–Crippen LogP) is 8.21. The number of nitrogens with one attached hydrogen (secondary N) is 1. The number of hydrogen-bond acceptors (Lipinski definition) is 1. The lowest BCUT2D eigenvalue weighted by Gasteiger charge is -2.23. The number of halogens is 1. The Bertz CT molecular complexity index is 748. The molecule has 0 fully saturated rings. The number of amides is 2. The summed E-state index contributed by atoms with van der Waals surface area (Å²) in [5.41, 5.74) is 2.89. The van der Waals surface area contributed by atoms with E-state index in [9.17, 15) is 4.79 Å². The molecule has 0 aliphatic rings. The fourth-order valence-electron chi connectivity index (χ4n) is 3.54. The molecule has 3 nitrogen and oxygen atoms in total. The van der Waals surface area contributed by atoms with Crippen molar-refractivity contribution in [2.75, 3.05) is 11.9 Å². The Hall–Kier alpha value is -2.00. The second-order valence-corrected chi connectivity index (χ2v) is 8.54. The van der Waals surface area contributed by atoms with Crippen LogP contribution in [-0.4, -0.2) is 17.5 Å². The molecule has 4 heteroatoms. The van der Waals surface area contributed by atoms with Gasteiger partial charge in [0.15, 0.2) is 0 Å². The maximum atomic E-state index is 13.0. The first-order chi connectivity index (χ1) is 14.6. The van der Waals surface area contributed by atoms with Gasteiger partial charge < -0.3 is 10.2 Å². The average molecular weight is 429 g/mol. The summed E-state index contributed by atoms with van der Waals surface area (Å²) in [5, 5.41) is 3.68. The highest BCUT2D eigenvalue weighted by Crippen LogP contribution is 2.21. The van der Waals surface area contributed by atoms with E-state index >= 15 is 0 Å². The average Bonchev–Trinajstić information content (AvgIpc) is 2.75. The number of rotatable bonds is 13. The molecule has 1 N–H and O–H groups in total. The maximum Gasteiger partial charge on any atom is 0.322 e. The molecule has 2 rings (SSSR count). The van der Waals surface area contributed by atoms with E-state index in [0.29, 0.717) is 11.6 Å². The minimum atomic E-state index is -0.0710. The standard InChI is InChI=1S/C26H37ClN2O/c1-3-4-5-6-7-8-9-10-14-19-29(21-23-15-12-11-13-16-23)26(30)28-24-18-17-22(2)25(27)20-24/h11-13,15-18,20H,3-10,14,19,21H2,1-2H3,(H,28,30). The molecule has 0 unspecified atom stereocenters. The molecule has 0 saturated heterocycles. The minimum Gasteiger partial charge on any atom is -0.320 e. The van der Waals surface area contributed by atoms with Crippen LogP contribution in [0.15, 0.2) is 48.5 Å². The van der Waals surface area contributed by atoms with Crippen molar-refractivity contribution in [1.29, 1.82) is 0 Å². The van der Waals surface area contributed by atoms with Gasteiger partial charge in [0.05, 0.1) is 0 Å². The molecule has 2 amide bonds. The molecule has 30 heavy (non-hydrogen) atoms. The van der Waals surface area contributed by atoms with Crippen LogP contribution < -0.4 is 5.32 Å². The molecule has 2 aromatic rings. The van der Waals surface area contributed by atoms with Gasteiger partial charge in [-0.25, -0.2) is 4.79 Å². The third-order valence-corrected chi connectivity index (χ3v) is 5.87. The van der Waals surface area contributed by atoms with Gasteiger partial charge in [-0.3, -0.25) is 0 Å². The summed E-state index contributed by atoms with van der Waals surface area (Å²) in [6.07, 6.45) is 11.5. The number of benzene rings is 2. The molecule has 0 bridgehead atoms. The van der Waals surface area contributed by atoms with Gasteiger partial charge in [0, 0.05) is 23.8 Å². The number of nitrogens with zero attached hydrogens (tertiary/aromatic N) is 1. The van der Waals surface area contributed by atoms with Crippen LogP contribution in [0.1, 0.15) is 75.8 Å². The second kappa shape index (κ2) is 14.1. The molecule has 0 heterocycles. The van der Waals surface area contributed by atoms with Crippen molar-refractivity contribution >= 4 is 23.3 Å². The lowest BCUT2D eigenvalue weighted by atomic mass is 10.1. The largest absolute Gasteiger partial charge is 0.322 e. The van der Waals surface area contributed by atoms with E-state index in [2.05, 4.69) is 24.4 Å². The Morgan fingerprint density at radius 2 is 1.53 bits per heavy atom. The van der Waals surface area contributed by atoms with Crippen LogP contribution in [0, 0.1) is 6.92 Å². The van der Waals surface area contributed by atoms with Crippen LogP contribution in [0.2, 0.25) is 5.02 Å². The fourth-order valence-corrected chi connectivity index (χ4v) is 3.72. The van der Waals surface area contributed by atoms with Crippen molar-refractivity contribution in [3.8, 4) is 0 Å². The number of aryl methyl sites for hydroxylation is 1. The first kappa shape index (κ1) is 24.3. The second-order valence-electron chi connectivity index (χ2n) is 8.13. The number of carbonyl (C=O) groups is 1. The van der Waals surface area contributed by atoms with E-state index in [4.69, 9.17) is 11.6 Å². The molecule has 0 radical (unpaired) electrons. The van der Waals surface area contributed by atoms with E-state index < -0.39 is 0 Å². The number of urea groups is 1. The molecule has 0 aliphatic heterocycles. The summed E-state index contributed by atoms with van der Waals surface area (Å²) in [6, 6.07) is 15.7. The number of unbranched alkanes of at least 4 members (excludes halogenated alkanes) is 8. The Morgan fingerprint density at radius 1 is 0.900 bits per heavy atom. The van der Waals surface area contributed by atoms with Gasteiger partial charge in [-0.15, -0.1) is 0 Å². The van der Waals surface area contributed by atoms with Crippen molar-refractivity contribution in [2.45, 2.75) is 78.2 Å². The Morgan fingerprint density at radius 3 is 2.17 bits per heavy atom. The van der Waals surface area contributed by atoms with Gasteiger partial charge in [-0.1, -0.05) is 106 Å². The summed E-state index contributed by atoms with van der Waals surface area (Å²) in [5.74, 6) is 0. The Balaban J connectivity index is 1.84. The van der Waals surface area contributed by atoms with Crippen LogP contribution in [0.4, 0.5) is 10.5 Å². The zero-order valence-corrected chi connectivity index (χ0v) is 19.4. The number of hydrogen-bond donors (Lipinski definition) is 1. The summed E-state index contributed by atoms with van der Waals surface area (Å²) in [6.45, 7) is 5.59. The van der Waals surface area contributed by atoms with Crippen molar-refractivity contribution < 1.29 is 4.79 Å². The SMILES string of the molecule is CCCCCCCCCCCN(Cc1ccccc1)C(=O)Nc1ccc(C)c(Cl)c1. The van der Waals surface area contributed by atoms with Gasteiger partial charge in [0.25, 0.3) is 0 Å². The lowest BCUT2D eigenvalue weighted by Crippen LogP contribution is -2.35. The topological polar surface area (TPSA) is 32.3 Å². The van der Waals surface area contributed by atoms with E-state index in [1.807, 2.05) is 48.2 Å². The molecule has 0 atom stereocenters. The molecule has 0 spiro atoms. The summed E-state index contributed by atoms with van der Waals surface area (Å²) in [7, 11) is 0. The third kappa shape index (κ3) is 9.21. The fraction of sp³-hybridized carbons (Fsp3) is 0.500. The summed E-state index contributed by atoms with van der Waals surface area (Å²) < 4.78 is 0. The number of carbonyl (C=O) groups excluding carboxylic acids is 1. The zero-order chi connectivity index (χ0) is 21.6. The van der Waals surface area contributed by atoms with Crippen molar-refractivity contribution in [3.05, 3.63) is 64.7 Å². The van der Waals surface area contributed by atoms with Crippen molar-refractivity contribution in [2.24, 2.45) is 0 Å². The quantitative estimate of drug-likeness (QED) is 0.320. The van der Waals surface area contributed by atoms with E-state index in [0.717, 1.165) is 29.8 Å². The smallest absolute Gasteiger partial charge is 0.320 e. The van der Waals surface area contributed by atoms with E-state index in [1.54, 1.807) is 0 Å². The lowest BCUT2D eigenvalue weighted by molar-refractivity contribution is 0.207. The summed E-state index contributed by atoms with van der Waals surface area (Å²) in [4.78, 5) is 14.9. The summed E-state index contributed by atoms with van der Waals surface area (Å²) >= 11 is 6.21. The Kier molecular flexibility index (Phi) is 11.4. The highest BCUT2D eigenvalue weighted by atomic mass is 35.5. The molecule has 164 valence electrons. The van der Waals surface area contributed by atoms with Crippen LogP contribution in [0.3, 0.4) is 0 Å². The van der Waals surface area contributed by atoms with Gasteiger partial charge in [-0.05, 0) is 36.6 Å². The van der Waals surface area contributed by atoms with Crippen LogP contribution >= 0.6 is 11.6 Å². The van der Waals surface area contributed by atoms with Crippen molar-refractivity contribution in [3.63, 3.8) is 0 Å².